The first-order chi connectivity index (χ1) is 10.2. The van der Waals surface area contributed by atoms with Gasteiger partial charge in [-0.1, -0.05) is 45.0 Å². The molecule has 4 rings (SSSR count). The third kappa shape index (κ3) is 2.36. The molecule has 2 aliphatic heterocycles. The Labute approximate surface area is 133 Å². The summed E-state index contributed by atoms with van der Waals surface area (Å²) in [5.41, 5.74) is 2.18. The van der Waals surface area contributed by atoms with Gasteiger partial charge in [0.05, 0.1) is 11.1 Å². The van der Waals surface area contributed by atoms with E-state index >= 15 is 0 Å². The standard InChI is InChI=1S/C19H28N2O/c1-13(2)14-8-6-7-9-15(14)17(3,4)21-16(22)19-10-18(5,11-19)12-20-19/h6-9,13,20H,10-12H2,1-5H3,(H,21,22). The van der Waals surface area contributed by atoms with Gasteiger partial charge in [-0.15, -0.1) is 0 Å². The maximum Gasteiger partial charge on any atom is 0.241 e. The van der Waals surface area contributed by atoms with Gasteiger partial charge in [0.1, 0.15) is 0 Å². The molecule has 2 N–H and O–H groups in total. The van der Waals surface area contributed by atoms with Gasteiger partial charge in [0, 0.05) is 6.54 Å². The number of rotatable bonds is 4. The number of carbonyl (C=O) groups excluding carboxylic acids is 1. The smallest absolute Gasteiger partial charge is 0.241 e. The first-order valence-corrected chi connectivity index (χ1v) is 8.35. The largest absolute Gasteiger partial charge is 0.346 e. The minimum atomic E-state index is -0.358. The summed E-state index contributed by atoms with van der Waals surface area (Å²) in [7, 11) is 0. The Morgan fingerprint density at radius 3 is 2.45 bits per heavy atom. The van der Waals surface area contributed by atoms with Crippen molar-refractivity contribution in [3.05, 3.63) is 35.4 Å². The van der Waals surface area contributed by atoms with Crippen LogP contribution in [0.2, 0.25) is 0 Å². The Bertz CT molecular complexity index is 597. The lowest BCUT2D eigenvalue weighted by molar-refractivity contribution is -0.133. The molecule has 22 heavy (non-hydrogen) atoms. The molecule has 2 saturated heterocycles. The van der Waals surface area contributed by atoms with E-state index in [-0.39, 0.29) is 17.0 Å². The van der Waals surface area contributed by atoms with Gasteiger partial charge in [0.25, 0.3) is 0 Å². The van der Waals surface area contributed by atoms with Crippen LogP contribution < -0.4 is 10.6 Å². The lowest BCUT2D eigenvalue weighted by atomic mass is 9.62. The highest BCUT2D eigenvalue weighted by Crippen LogP contribution is 2.53. The molecule has 3 aliphatic rings. The van der Waals surface area contributed by atoms with Crippen LogP contribution in [0.4, 0.5) is 0 Å². The van der Waals surface area contributed by atoms with E-state index < -0.39 is 0 Å². The van der Waals surface area contributed by atoms with Crippen LogP contribution in [0.25, 0.3) is 0 Å². The Hall–Kier alpha value is -1.35. The molecule has 2 heterocycles. The molecular formula is C19H28N2O. The molecule has 0 aromatic heterocycles. The van der Waals surface area contributed by atoms with Crippen molar-refractivity contribution < 1.29 is 4.79 Å². The molecule has 0 radical (unpaired) electrons. The number of benzene rings is 1. The molecular weight excluding hydrogens is 272 g/mol. The number of nitrogens with one attached hydrogen (secondary N) is 2. The summed E-state index contributed by atoms with van der Waals surface area (Å²) in [6.07, 6.45) is 1.93. The van der Waals surface area contributed by atoms with Gasteiger partial charge in [-0.25, -0.2) is 0 Å². The predicted molar refractivity (Wildman–Crippen MR) is 89.8 cm³/mol. The van der Waals surface area contributed by atoms with Crippen LogP contribution in [0.1, 0.15) is 64.5 Å². The lowest BCUT2D eigenvalue weighted by Crippen LogP contribution is -2.61. The second-order valence-corrected chi connectivity index (χ2v) is 8.42. The van der Waals surface area contributed by atoms with Crippen molar-refractivity contribution in [1.29, 1.82) is 0 Å². The molecule has 1 aromatic rings. The molecule has 1 aliphatic carbocycles. The number of amides is 1. The summed E-state index contributed by atoms with van der Waals surface area (Å²) < 4.78 is 0. The zero-order chi connectivity index (χ0) is 16.2. The number of hydrogen-bond acceptors (Lipinski definition) is 2. The fraction of sp³-hybridized carbons (Fsp3) is 0.632. The van der Waals surface area contributed by atoms with Gasteiger partial charge in [-0.05, 0) is 49.1 Å². The van der Waals surface area contributed by atoms with Gasteiger partial charge in [-0.2, -0.15) is 0 Å². The first-order valence-electron chi connectivity index (χ1n) is 8.35. The fourth-order valence-corrected chi connectivity index (χ4v) is 4.32. The van der Waals surface area contributed by atoms with Crippen molar-refractivity contribution >= 4 is 5.91 Å². The molecule has 3 heteroatoms. The van der Waals surface area contributed by atoms with E-state index in [1.807, 2.05) is 0 Å². The normalized spacial score (nSPS) is 30.3. The van der Waals surface area contributed by atoms with Gasteiger partial charge in [0.15, 0.2) is 0 Å². The maximum atomic E-state index is 12.8. The summed E-state index contributed by atoms with van der Waals surface area (Å²) in [6.45, 7) is 11.8. The quantitative estimate of drug-likeness (QED) is 0.896. The van der Waals surface area contributed by atoms with E-state index in [1.165, 1.54) is 11.1 Å². The van der Waals surface area contributed by atoms with Crippen LogP contribution in [0.5, 0.6) is 0 Å². The van der Waals surface area contributed by atoms with Gasteiger partial charge in [-0.3, -0.25) is 4.79 Å². The highest BCUT2D eigenvalue weighted by molar-refractivity contribution is 5.89. The Balaban J connectivity index is 1.81. The van der Waals surface area contributed by atoms with Crippen molar-refractivity contribution in [3.63, 3.8) is 0 Å². The summed E-state index contributed by atoms with van der Waals surface area (Å²) in [5.74, 6) is 0.605. The van der Waals surface area contributed by atoms with E-state index in [1.54, 1.807) is 0 Å². The summed E-state index contributed by atoms with van der Waals surface area (Å²) in [5, 5.41) is 6.75. The molecule has 0 unspecified atom stereocenters. The SMILES string of the molecule is CC(C)c1ccccc1C(C)(C)NC(=O)C12CC(C)(CN1)C2. The Morgan fingerprint density at radius 1 is 1.27 bits per heavy atom. The zero-order valence-electron chi connectivity index (χ0n) is 14.4. The fourth-order valence-electron chi connectivity index (χ4n) is 4.32. The molecule has 0 atom stereocenters. The van der Waals surface area contributed by atoms with Crippen molar-refractivity contribution in [2.75, 3.05) is 6.54 Å². The van der Waals surface area contributed by atoms with E-state index in [0.29, 0.717) is 11.3 Å². The number of carbonyl (C=O) groups is 1. The molecule has 0 spiro atoms. The van der Waals surface area contributed by atoms with Gasteiger partial charge in [0.2, 0.25) is 5.91 Å². The minimum Gasteiger partial charge on any atom is -0.346 e. The van der Waals surface area contributed by atoms with E-state index in [2.05, 4.69) is 69.5 Å². The van der Waals surface area contributed by atoms with Crippen LogP contribution >= 0.6 is 0 Å². The van der Waals surface area contributed by atoms with Crippen molar-refractivity contribution in [1.82, 2.24) is 10.6 Å². The Kier molecular flexibility index (Phi) is 3.41. The van der Waals surface area contributed by atoms with Crippen molar-refractivity contribution in [3.8, 4) is 0 Å². The maximum absolute atomic E-state index is 12.8. The van der Waals surface area contributed by atoms with E-state index in [0.717, 1.165) is 19.4 Å². The number of hydrogen-bond donors (Lipinski definition) is 2. The third-order valence-corrected chi connectivity index (χ3v) is 5.43. The van der Waals surface area contributed by atoms with Crippen LogP contribution in [0.3, 0.4) is 0 Å². The molecule has 1 amide bonds. The number of fused-ring (bicyclic) bond motifs is 1. The average molecular weight is 300 g/mol. The van der Waals surface area contributed by atoms with Crippen LogP contribution in [-0.2, 0) is 10.3 Å². The van der Waals surface area contributed by atoms with Crippen LogP contribution in [0, 0.1) is 5.41 Å². The van der Waals surface area contributed by atoms with Crippen LogP contribution in [0.15, 0.2) is 24.3 Å². The van der Waals surface area contributed by atoms with E-state index in [4.69, 9.17) is 0 Å². The monoisotopic (exact) mass is 300 g/mol. The first kappa shape index (κ1) is 15.5. The molecule has 3 fully saturated rings. The summed E-state index contributed by atoms with van der Waals surface area (Å²) >= 11 is 0. The zero-order valence-corrected chi connectivity index (χ0v) is 14.4. The highest BCUT2D eigenvalue weighted by atomic mass is 16.2. The molecule has 1 saturated carbocycles. The molecule has 120 valence electrons. The van der Waals surface area contributed by atoms with Gasteiger partial charge >= 0.3 is 0 Å². The third-order valence-electron chi connectivity index (χ3n) is 5.43. The Morgan fingerprint density at radius 2 is 1.91 bits per heavy atom. The predicted octanol–water partition coefficient (Wildman–Crippen LogP) is 3.30. The molecule has 3 nitrogen and oxygen atoms in total. The van der Waals surface area contributed by atoms with Crippen molar-refractivity contribution in [2.24, 2.45) is 5.41 Å². The second-order valence-electron chi connectivity index (χ2n) is 8.42. The highest BCUT2D eigenvalue weighted by Gasteiger charge is 2.62. The lowest BCUT2D eigenvalue weighted by Gasteiger charge is -2.44. The van der Waals surface area contributed by atoms with Gasteiger partial charge < -0.3 is 10.6 Å². The topological polar surface area (TPSA) is 41.1 Å². The average Bonchev–Trinajstić information content (AvgIpc) is 2.93. The van der Waals surface area contributed by atoms with E-state index in [9.17, 15) is 4.79 Å². The second kappa shape index (κ2) is 4.82. The summed E-state index contributed by atoms with van der Waals surface area (Å²) in [6, 6.07) is 8.44. The molecule has 2 bridgehead atoms. The molecule has 1 aromatic carbocycles. The summed E-state index contributed by atoms with van der Waals surface area (Å²) in [4.78, 5) is 12.8. The minimum absolute atomic E-state index is 0.158. The van der Waals surface area contributed by atoms with Crippen LogP contribution in [-0.4, -0.2) is 18.0 Å². The van der Waals surface area contributed by atoms with Crippen molar-refractivity contribution in [2.45, 2.75) is 64.5 Å².